The SMILES string of the molecule is CCN(CCCN(C)C)C(=O)c1ccc2c(c1)CCCN2. The minimum absolute atomic E-state index is 0.157. The predicted octanol–water partition coefficient (Wildman–Crippen LogP) is 2.46. The highest BCUT2D eigenvalue weighted by atomic mass is 16.2. The molecule has 4 nitrogen and oxygen atoms in total. The van der Waals surface area contributed by atoms with Crippen LogP contribution in [0.15, 0.2) is 18.2 Å². The first-order chi connectivity index (χ1) is 10.1. The molecule has 0 atom stereocenters. The van der Waals surface area contributed by atoms with Gasteiger partial charge in [0.1, 0.15) is 0 Å². The van der Waals surface area contributed by atoms with E-state index in [2.05, 4.69) is 36.4 Å². The third-order valence-corrected chi connectivity index (χ3v) is 3.99. The number of carbonyl (C=O) groups excluding carboxylic acids is 1. The Labute approximate surface area is 128 Å². The molecule has 1 aromatic rings. The van der Waals surface area contributed by atoms with Gasteiger partial charge in [0, 0.05) is 30.9 Å². The Morgan fingerprint density at radius 3 is 2.81 bits per heavy atom. The minimum atomic E-state index is 0.157. The average molecular weight is 289 g/mol. The maximum atomic E-state index is 12.6. The highest BCUT2D eigenvalue weighted by Crippen LogP contribution is 2.23. The molecule has 1 N–H and O–H groups in total. The van der Waals surface area contributed by atoms with Crippen molar-refractivity contribution in [3.05, 3.63) is 29.3 Å². The van der Waals surface area contributed by atoms with Crippen LogP contribution in [0.25, 0.3) is 0 Å². The van der Waals surface area contributed by atoms with Crippen molar-refractivity contribution < 1.29 is 4.79 Å². The first-order valence-electron chi connectivity index (χ1n) is 7.92. The number of nitrogens with one attached hydrogen (secondary N) is 1. The van der Waals surface area contributed by atoms with Gasteiger partial charge in [0.15, 0.2) is 0 Å². The van der Waals surface area contributed by atoms with Crippen LogP contribution in [-0.4, -0.2) is 56.0 Å². The van der Waals surface area contributed by atoms with E-state index in [0.29, 0.717) is 0 Å². The van der Waals surface area contributed by atoms with Crippen LogP contribution in [0.3, 0.4) is 0 Å². The number of hydrogen-bond donors (Lipinski definition) is 1. The molecule has 1 amide bonds. The molecular formula is C17H27N3O. The van der Waals surface area contributed by atoms with Crippen LogP contribution in [0.5, 0.6) is 0 Å². The molecule has 21 heavy (non-hydrogen) atoms. The van der Waals surface area contributed by atoms with Crippen LogP contribution in [0, 0.1) is 0 Å². The minimum Gasteiger partial charge on any atom is -0.385 e. The van der Waals surface area contributed by atoms with Gasteiger partial charge in [0.25, 0.3) is 5.91 Å². The molecule has 0 saturated carbocycles. The van der Waals surface area contributed by atoms with Crippen molar-refractivity contribution in [3.63, 3.8) is 0 Å². The Bertz CT molecular complexity index is 485. The number of amides is 1. The van der Waals surface area contributed by atoms with Crippen molar-refractivity contribution in [3.8, 4) is 0 Å². The summed E-state index contributed by atoms with van der Waals surface area (Å²) in [6, 6.07) is 6.07. The molecule has 0 unspecified atom stereocenters. The lowest BCUT2D eigenvalue weighted by Gasteiger charge is -2.23. The standard InChI is InChI=1S/C17H27N3O/c1-4-20(12-6-11-19(2)3)17(21)15-8-9-16-14(13-15)7-5-10-18-16/h8-9,13,18H,4-7,10-12H2,1-3H3. The third kappa shape index (κ3) is 4.21. The molecule has 0 aromatic heterocycles. The summed E-state index contributed by atoms with van der Waals surface area (Å²) in [4.78, 5) is 16.7. The van der Waals surface area contributed by atoms with Crippen molar-refractivity contribution in [1.82, 2.24) is 9.80 Å². The van der Waals surface area contributed by atoms with Crippen LogP contribution >= 0.6 is 0 Å². The second-order valence-electron chi connectivity index (χ2n) is 5.94. The molecule has 0 radical (unpaired) electrons. The van der Waals surface area contributed by atoms with E-state index in [4.69, 9.17) is 0 Å². The molecule has 1 heterocycles. The quantitative estimate of drug-likeness (QED) is 0.874. The second kappa shape index (κ2) is 7.46. The maximum Gasteiger partial charge on any atom is 0.253 e. The lowest BCUT2D eigenvalue weighted by molar-refractivity contribution is 0.0759. The van der Waals surface area contributed by atoms with Gasteiger partial charge in [0.05, 0.1) is 0 Å². The number of rotatable bonds is 6. The average Bonchev–Trinajstić information content (AvgIpc) is 2.50. The monoisotopic (exact) mass is 289 g/mol. The van der Waals surface area contributed by atoms with Crippen molar-refractivity contribution in [2.24, 2.45) is 0 Å². The molecule has 1 aliphatic rings. The molecular weight excluding hydrogens is 262 g/mol. The number of carbonyl (C=O) groups is 1. The molecule has 0 bridgehead atoms. The summed E-state index contributed by atoms with van der Waals surface area (Å²) in [6.45, 7) is 5.68. The zero-order chi connectivity index (χ0) is 15.2. The summed E-state index contributed by atoms with van der Waals surface area (Å²) < 4.78 is 0. The van der Waals surface area contributed by atoms with Crippen LogP contribution in [0.1, 0.15) is 35.7 Å². The highest BCUT2D eigenvalue weighted by molar-refractivity contribution is 5.95. The first kappa shape index (κ1) is 15.8. The maximum absolute atomic E-state index is 12.6. The molecule has 2 rings (SSSR count). The molecule has 0 aliphatic carbocycles. The van der Waals surface area contributed by atoms with E-state index >= 15 is 0 Å². The lowest BCUT2D eigenvalue weighted by Crippen LogP contribution is -2.33. The van der Waals surface area contributed by atoms with Gasteiger partial charge in [-0.15, -0.1) is 0 Å². The normalized spacial score (nSPS) is 13.7. The van der Waals surface area contributed by atoms with Gasteiger partial charge in [-0.25, -0.2) is 0 Å². The number of nitrogens with zero attached hydrogens (tertiary/aromatic N) is 2. The molecule has 0 saturated heterocycles. The number of hydrogen-bond acceptors (Lipinski definition) is 3. The second-order valence-corrected chi connectivity index (χ2v) is 5.94. The fourth-order valence-corrected chi connectivity index (χ4v) is 2.77. The molecule has 4 heteroatoms. The van der Waals surface area contributed by atoms with Gasteiger partial charge in [0.2, 0.25) is 0 Å². The fourth-order valence-electron chi connectivity index (χ4n) is 2.77. The molecule has 0 spiro atoms. The zero-order valence-electron chi connectivity index (χ0n) is 13.5. The van der Waals surface area contributed by atoms with Gasteiger partial charge in [-0.1, -0.05) is 0 Å². The number of benzene rings is 1. The first-order valence-corrected chi connectivity index (χ1v) is 7.92. The van der Waals surface area contributed by atoms with Gasteiger partial charge in [-0.05, 0) is 70.6 Å². The van der Waals surface area contributed by atoms with Gasteiger partial charge in [-0.2, -0.15) is 0 Å². The van der Waals surface area contributed by atoms with E-state index in [-0.39, 0.29) is 5.91 Å². The summed E-state index contributed by atoms with van der Waals surface area (Å²) in [5.74, 6) is 0.157. The van der Waals surface area contributed by atoms with E-state index < -0.39 is 0 Å². The summed E-state index contributed by atoms with van der Waals surface area (Å²) in [5.41, 5.74) is 3.29. The summed E-state index contributed by atoms with van der Waals surface area (Å²) in [6.07, 6.45) is 3.22. The highest BCUT2D eigenvalue weighted by Gasteiger charge is 2.16. The summed E-state index contributed by atoms with van der Waals surface area (Å²) in [7, 11) is 4.13. The van der Waals surface area contributed by atoms with Crippen molar-refractivity contribution in [2.75, 3.05) is 45.6 Å². The summed E-state index contributed by atoms with van der Waals surface area (Å²) in [5, 5.41) is 3.39. The third-order valence-electron chi connectivity index (χ3n) is 3.99. The zero-order valence-corrected chi connectivity index (χ0v) is 13.5. The Morgan fingerprint density at radius 2 is 2.10 bits per heavy atom. The lowest BCUT2D eigenvalue weighted by atomic mass is 10.0. The molecule has 116 valence electrons. The number of fused-ring (bicyclic) bond motifs is 1. The molecule has 0 fully saturated rings. The number of aryl methyl sites for hydroxylation is 1. The Kier molecular flexibility index (Phi) is 5.62. The molecule has 1 aliphatic heterocycles. The Hall–Kier alpha value is -1.55. The van der Waals surface area contributed by atoms with Crippen LogP contribution in [-0.2, 0) is 6.42 Å². The van der Waals surface area contributed by atoms with E-state index in [0.717, 1.165) is 51.0 Å². The van der Waals surface area contributed by atoms with Gasteiger partial charge < -0.3 is 15.1 Å². The van der Waals surface area contributed by atoms with Crippen LogP contribution in [0.2, 0.25) is 0 Å². The van der Waals surface area contributed by atoms with Crippen LogP contribution in [0.4, 0.5) is 5.69 Å². The topological polar surface area (TPSA) is 35.6 Å². The van der Waals surface area contributed by atoms with Crippen molar-refractivity contribution >= 4 is 11.6 Å². The van der Waals surface area contributed by atoms with E-state index in [9.17, 15) is 4.79 Å². The Balaban J connectivity index is 2.03. The molecule has 1 aromatic carbocycles. The van der Waals surface area contributed by atoms with Gasteiger partial charge in [-0.3, -0.25) is 4.79 Å². The van der Waals surface area contributed by atoms with Crippen molar-refractivity contribution in [2.45, 2.75) is 26.2 Å². The van der Waals surface area contributed by atoms with Gasteiger partial charge >= 0.3 is 0 Å². The van der Waals surface area contributed by atoms with E-state index in [1.165, 1.54) is 11.3 Å². The van der Waals surface area contributed by atoms with Crippen LogP contribution < -0.4 is 5.32 Å². The smallest absolute Gasteiger partial charge is 0.253 e. The fraction of sp³-hybridized carbons (Fsp3) is 0.588. The largest absolute Gasteiger partial charge is 0.385 e. The number of anilines is 1. The van der Waals surface area contributed by atoms with E-state index in [1.54, 1.807) is 0 Å². The van der Waals surface area contributed by atoms with Crippen molar-refractivity contribution in [1.29, 1.82) is 0 Å². The predicted molar refractivity (Wildman–Crippen MR) is 88.0 cm³/mol. The van der Waals surface area contributed by atoms with E-state index in [1.807, 2.05) is 17.9 Å². The summed E-state index contributed by atoms with van der Waals surface area (Å²) >= 11 is 0. The Morgan fingerprint density at radius 1 is 1.29 bits per heavy atom.